The second-order valence-electron chi connectivity index (χ2n) is 6.13. The predicted molar refractivity (Wildman–Crippen MR) is 105 cm³/mol. The molecule has 144 valence electrons. The van der Waals surface area contributed by atoms with Gasteiger partial charge in [-0.25, -0.2) is 0 Å². The molecule has 2 aromatic rings. The maximum Gasteiger partial charge on any atom is 0.224 e. The highest BCUT2D eigenvalue weighted by molar-refractivity contribution is 5.90. The van der Waals surface area contributed by atoms with E-state index < -0.39 is 0 Å². The molecule has 2 amide bonds. The zero-order chi connectivity index (χ0) is 19.6. The summed E-state index contributed by atoms with van der Waals surface area (Å²) < 4.78 is 10.5. The second-order valence-corrected chi connectivity index (χ2v) is 6.13. The fraction of sp³-hybridized carbons (Fsp3) is 0.333. The first-order valence-electron chi connectivity index (χ1n) is 8.92. The van der Waals surface area contributed by atoms with Gasteiger partial charge in [-0.3, -0.25) is 9.59 Å². The van der Waals surface area contributed by atoms with Crippen LogP contribution < -0.4 is 20.1 Å². The van der Waals surface area contributed by atoms with Gasteiger partial charge in [-0.1, -0.05) is 25.1 Å². The molecule has 2 N–H and O–H groups in total. The number of nitrogens with one attached hydrogen (secondary N) is 2. The third kappa shape index (κ3) is 6.33. The SMILES string of the molecule is CCCC(=O)Nc1ccc(CNC(=O)Cc2ccc(OC)cc2OC)cc1. The number of rotatable bonds is 9. The fourth-order valence-corrected chi connectivity index (χ4v) is 2.59. The number of hydrogen-bond acceptors (Lipinski definition) is 4. The first kappa shape index (κ1) is 20.3. The summed E-state index contributed by atoms with van der Waals surface area (Å²) in [5.74, 6) is 1.21. The van der Waals surface area contributed by atoms with E-state index in [0.717, 1.165) is 23.2 Å². The van der Waals surface area contributed by atoms with Crippen LogP contribution in [0, 0.1) is 0 Å². The monoisotopic (exact) mass is 370 g/mol. The summed E-state index contributed by atoms with van der Waals surface area (Å²) in [6.07, 6.45) is 1.54. The van der Waals surface area contributed by atoms with Crippen molar-refractivity contribution < 1.29 is 19.1 Å². The molecular formula is C21H26N2O4. The van der Waals surface area contributed by atoms with Crippen LogP contribution in [0.5, 0.6) is 11.5 Å². The third-order valence-corrected chi connectivity index (χ3v) is 4.05. The minimum absolute atomic E-state index is 0.00647. The van der Waals surface area contributed by atoms with E-state index in [4.69, 9.17) is 9.47 Å². The van der Waals surface area contributed by atoms with Crippen molar-refractivity contribution >= 4 is 17.5 Å². The Morgan fingerprint density at radius 2 is 1.70 bits per heavy atom. The molecule has 0 saturated carbocycles. The Bertz CT molecular complexity index is 772. The number of amides is 2. The highest BCUT2D eigenvalue weighted by Gasteiger charge is 2.10. The van der Waals surface area contributed by atoms with Gasteiger partial charge in [0.05, 0.1) is 20.6 Å². The number of carbonyl (C=O) groups excluding carboxylic acids is 2. The van der Waals surface area contributed by atoms with E-state index >= 15 is 0 Å². The van der Waals surface area contributed by atoms with Crippen LogP contribution in [0.1, 0.15) is 30.9 Å². The lowest BCUT2D eigenvalue weighted by Gasteiger charge is -2.11. The van der Waals surface area contributed by atoms with Crippen LogP contribution in [0.15, 0.2) is 42.5 Å². The Kier molecular flexibility index (Phi) is 7.67. The predicted octanol–water partition coefficient (Wildman–Crippen LogP) is 3.30. The molecule has 0 bridgehead atoms. The summed E-state index contributed by atoms with van der Waals surface area (Å²) in [7, 11) is 3.15. The molecule has 0 aromatic heterocycles. The van der Waals surface area contributed by atoms with Crippen LogP contribution in [0.2, 0.25) is 0 Å². The molecule has 0 spiro atoms. The van der Waals surface area contributed by atoms with Crippen molar-refractivity contribution in [1.82, 2.24) is 5.32 Å². The first-order valence-corrected chi connectivity index (χ1v) is 8.92. The second kappa shape index (κ2) is 10.2. The van der Waals surface area contributed by atoms with Crippen LogP contribution in [-0.2, 0) is 22.6 Å². The largest absolute Gasteiger partial charge is 0.497 e. The summed E-state index contributed by atoms with van der Waals surface area (Å²) in [4.78, 5) is 23.8. The molecule has 2 rings (SSSR count). The van der Waals surface area contributed by atoms with Crippen molar-refractivity contribution in [3.63, 3.8) is 0 Å². The van der Waals surface area contributed by atoms with E-state index in [1.54, 1.807) is 26.4 Å². The Labute approximate surface area is 159 Å². The first-order chi connectivity index (χ1) is 13.0. The number of anilines is 1. The van der Waals surface area contributed by atoms with Crippen LogP contribution in [0.4, 0.5) is 5.69 Å². The Morgan fingerprint density at radius 3 is 2.33 bits per heavy atom. The molecule has 0 radical (unpaired) electrons. The molecule has 6 heteroatoms. The van der Waals surface area contributed by atoms with Crippen molar-refractivity contribution in [2.24, 2.45) is 0 Å². The molecule has 0 aliphatic rings. The van der Waals surface area contributed by atoms with Crippen molar-refractivity contribution in [3.8, 4) is 11.5 Å². The quantitative estimate of drug-likeness (QED) is 0.710. The molecule has 0 unspecified atom stereocenters. The Hall–Kier alpha value is -3.02. The molecular weight excluding hydrogens is 344 g/mol. The van der Waals surface area contributed by atoms with Gasteiger partial charge in [0, 0.05) is 30.3 Å². The Morgan fingerprint density at radius 1 is 0.963 bits per heavy atom. The molecule has 0 atom stereocenters. The maximum atomic E-state index is 12.2. The van der Waals surface area contributed by atoms with Crippen molar-refractivity contribution in [2.45, 2.75) is 32.7 Å². The highest BCUT2D eigenvalue weighted by Crippen LogP contribution is 2.24. The standard InChI is InChI=1S/C21H26N2O4/c1-4-5-20(24)23-17-9-6-15(7-10-17)14-22-21(25)12-16-8-11-18(26-2)13-19(16)27-3/h6-11,13H,4-5,12,14H2,1-3H3,(H,22,25)(H,23,24). The highest BCUT2D eigenvalue weighted by atomic mass is 16.5. The smallest absolute Gasteiger partial charge is 0.224 e. The third-order valence-electron chi connectivity index (χ3n) is 4.05. The van der Waals surface area contributed by atoms with E-state index in [0.29, 0.717) is 24.5 Å². The zero-order valence-electron chi connectivity index (χ0n) is 16.0. The topological polar surface area (TPSA) is 76.7 Å². The maximum absolute atomic E-state index is 12.2. The molecule has 0 saturated heterocycles. The van der Waals surface area contributed by atoms with Gasteiger partial charge in [-0.2, -0.15) is 0 Å². The van der Waals surface area contributed by atoms with E-state index in [1.165, 1.54) is 0 Å². The van der Waals surface area contributed by atoms with Gasteiger partial charge in [0.2, 0.25) is 11.8 Å². The van der Waals surface area contributed by atoms with E-state index in [2.05, 4.69) is 10.6 Å². The average molecular weight is 370 g/mol. The lowest BCUT2D eigenvalue weighted by molar-refractivity contribution is -0.120. The number of methoxy groups -OCH3 is 2. The van der Waals surface area contributed by atoms with E-state index in [-0.39, 0.29) is 18.2 Å². The molecule has 2 aromatic carbocycles. The molecule has 0 aliphatic carbocycles. The van der Waals surface area contributed by atoms with Gasteiger partial charge in [-0.05, 0) is 30.2 Å². The number of benzene rings is 2. The van der Waals surface area contributed by atoms with Gasteiger partial charge in [0.25, 0.3) is 0 Å². The van der Waals surface area contributed by atoms with Gasteiger partial charge < -0.3 is 20.1 Å². The normalized spacial score (nSPS) is 10.2. The van der Waals surface area contributed by atoms with Crippen LogP contribution in [0.25, 0.3) is 0 Å². The number of hydrogen-bond donors (Lipinski definition) is 2. The van der Waals surface area contributed by atoms with Gasteiger partial charge in [0.15, 0.2) is 0 Å². The zero-order valence-corrected chi connectivity index (χ0v) is 16.0. The van der Waals surface area contributed by atoms with Gasteiger partial charge in [0.1, 0.15) is 11.5 Å². The minimum Gasteiger partial charge on any atom is -0.497 e. The van der Waals surface area contributed by atoms with Crippen LogP contribution in [-0.4, -0.2) is 26.0 Å². The average Bonchev–Trinajstić information content (AvgIpc) is 2.68. The van der Waals surface area contributed by atoms with Crippen LogP contribution >= 0.6 is 0 Å². The fourth-order valence-electron chi connectivity index (χ4n) is 2.59. The number of carbonyl (C=O) groups is 2. The van der Waals surface area contributed by atoms with Crippen molar-refractivity contribution in [1.29, 1.82) is 0 Å². The minimum atomic E-state index is -0.0983. The molecule has 27 heavy (non-hydrogen) atoms. The lowest BCUT2D eigenvalue weighted by atomic mass is 10.1. The summed E-state index contributed by atoms with van der Waals surface area (Å²) in [6, 6.07) is 12.8. The molecule has 0 aliphatic heterocycles. The molecule has 6 nitrogen and oxygen atoms in total. The summed E-state index contributed by atoms with van der Waals surface area (Å²) in [5.41, 5.74) is 2.51. The van der Waals surface area contributed by atoms with E-state index in [9.17, 15) is 9.59 Å². The Balaban J connectivity index is 1.87. The number of ether oxygens (including phenoxy) is 2. The molecule has 0 heterocycles. The molecule has 0 fully saturated rings. The van der Waals surface area contributed by atoms with Crippen molar-refractivity contribution in [3.05, 3.63) is 53.6 Å². The summed E-state index contributed by atoms with van der Waals surface area (Å²) in [5, 5.41) is 5.73. The van der Waals surface area contributed by atoms with E-state index in [1.807, 2.05) is 37.3 Å². The summed E-state index contributed by atoms with van der Waals surface area (Å²) >= 11 is 0. The van der Waals surface area contributed by atoms with Crippen molar-refractivity contribution in [2.75, 3.05) is 19.5 Å². The summed E-state index contributed by atoms with van der Waals surface area (Å²) in [6.45, 7) is 2.38. The lowest BCUT2D eigenvalue weighted by Crippen LogP contribution is -2.24. The van der Waals surface area contributed by atoms with Crippen LogP contribution in [0.3, 0.4) is 0 Å². The van der Waals surface area contributed by atoms with Gasteiger partial charge >= 0.3 is 0 Å². The van der Waals surface area contributed by atoms with Gasteiger partial charge in [-0.15, -0.1) is 0 Å².